The van der Waals surface area contributed by atoms with E-state index >= 15 is 0 Å². The third-order valence-electron chi connectivity index (χ3n) is 6.56. The topological polar surface area (TPSA) is 93.7 Å². The predicted molar refractivity (Wildman–Crippen MR) is 145 cm³/mol. The highest BCUT2D eigenvalue weighted by Crippen LogP contribution is 2.41. The Hall–Kier alpha value is -3.98. The van der Waals surface area contributed by atoms with E-state index in [0.29, 0.717) is 13.2 Å². The van der Waals surface area contributed by atoms with Gasteiger partial charge in [0.2, 0.25) is 0 Å². The fraction of sp³-hybridized carbons (Fsp3) is 0.312. The van der Waals surface area contributed by atoms with Crippen molar-refractivity contribution in [3.63, 3.8) is 0 Å². The lowest BCUT2D eigenvalue weighted by Gasteiger charge is -2.35. The summed E-state index contributed by atoms with van der Waals surface area (Å²) in [5, 5.41) is 18.9. The Bertz CT molecular complexity index is 1270. The first-order valence-electron chi connectivity index (χ1n) is 12.8. The number of ether oxygens (including phenoxy) is 5. The Morgan fingerprint density at radius 2 is 1.41 bits per heavy atom. The van der Waals surface area contributed by atoms with Gasteiger partial charge in [-0.1, -0.05) is 91.0 Å². The van der Waals surface area contributed by atoms with E-state index in [1.807, 2.05) is 104 Å². The molecular weight excluding hydrogens is 492 g/mol. The minimum Gasteiger partial charge on any atom is -0.485 e. The molecule has 1 aliphatic heterocycles. The van der Waals surface area contributed by atoms with Crippen LogP contribution >= 0.6 is 0 Å². The van der Waals surface area contributed by atoms with Crippen LogP contribution in [-0.2, 0) is 43.5 Å². The van der Waals surface area contributed by atoms with E-state index < -0.39 is 23.9 Å². The lowest BCUT2D eigenvalue weighted by Crippen LogP contribution is -2.50. The van der Waals surface area contributed by atoms with Crippen LogP contribution in [0.4, 0.5) is 0 Å². The summed E-state index contributed by atoms with van der Waals surface area (Å²) >= 11 is 0. The molecule has 0 radical (unpaired) electrons. The molecule has 4 atom stereocenters. The summed E-state index contributed by atoms with van der Waals surface area (Å²) in [4.78, 5) is 0. The maximum absolute atomic E-state index is 10.0. The van der Waals surface area contributed by atoms with Gasteiger partial charge < -0.3 is 23.7 Å². The lowest BCUT2D eigenvalue weighted by molar-refractivity contribution is -0.142. The minimum atomic E-state index is -1.07. The summed E-state index contributed by atoms with van der Waals surface area (Å²) in [6.45, 7) is 2.97. The summed E-state index contributed by atoms with van der Waals surface area (Å²) in [6, 6.07) is 33.6. The second kappa shape index (κ2) is 14.2. The first-order valence-corrected chi connectivity index (χ1v) is 12.8. The van der Waals surface area contributed by atoms with E-state index in [1.165, 1.54) is 6.26 Å². The van der Waals surface area contributed by atoms with Crippen molar-refractivity contribution in [2.75, 3.05) is 13.2 Å². The van der Waals surface area contributed by atoms with Crippen molar-refractivity contribution in [1.29, 1.82) is 10.5 Å². The Morgan fingerprint density at radius 1 is 0.846 bits per heavy atom. The number of hydrogen-bond donors (Lipinski definition) is 0. The van der Waals surface area contributed by atoms with Crippen molar-refractivity contribution in [1.82, 2.24) is 0 Å². The normalized spacial score (nSPS) is 22.6. The first kappa shape index (κ1) is 28.0. The van der Waals surface area contributed by atoms with Crippen LogP contribution in [0, 0.1) is 22.7 Å². The molecule has 4 unspecified atom stereocenters. The van der Waals surface area contributed by atoms with Crippen molar-refractivity contribution in [2.45, 2.75) is 50.7 Å². The second-order valence-corrected chi connectivity index (χ2v) is 9.38. The van der Waals surface area contributed by atoms with Crippen molar-refractivity contribution in [2.24, 2.45) is 0 Å². The molecule has 0 amide bonds. The van der Waals surface area contributed by atoms with E-state index in [4.69, 9.17) is 28.9 Å². The SMILES string of the molecule is CC1(OCc2ccccc2)C(C(C#N)=COCC#N)OC(COCc2ccccc2)C1OCc1ccccc1. The van der Waals surface area contributed by atoms with Gasteiger partial charge in [0.25, 0.3) is 0 Å². The smallest absolute Gasteiger partial charge is 0.173 e. The van der Waals surface area contributed by atoms with Crippen LogP contribution in [0.2, 0.25) is 0 Å². The fourth-order valence-corrected chi connectivity index (χ4v) is 4.59. The standard InChI is InChI=1S/C32H32N2O5/c1-32(38-22-27-15-9-4-10-16-27)30(28(19-34)23-35-18-17-33)39-29(24-36-20-25-11-5-2-6-12-25)31(32)37-21-26-13-7-3-8-14-26/h2-16,23,29-31H,18,20-22,24H2,1H3. The number of rotatable bonds is 13. The van der Waals surface area contributed by atoms with Crippen molar-refractivity contribution < 1.29 is 23.7 Å². The average molecular weight is 525 g/mol. The molecule has 0 aromatic heterocycles. The molecule has 1 fully saturated rings. The van der Waals surface area contributed by atoms with Crippen LogP contribution in [0.25, 0.3) is 0 Å². The molecule has 7 nitrogen and oxygen atoms in total. The van der Waals surface area contributed by atoms with Crippen molar-refractivity contribution in [3.05, 3.63) is 120 Å². The number of nitriles is 2. The van der Waals surface area contributed by atoms with Crippen LogP contribution < -0.4 is 0 Å². The molecule has 0 saturated carbocycles. The van der Waals surface area contributed by atoms with Crippen LogP contribution in [-0.4, -0.2) is 37.1 Å². The maximum Gasteiger partial charge on any atom is 0.173 e. The van der Waals surface area contributed by atoms with Gasteiger partial charge in [-0.05, 0) is 23.6 Å². The van der Waals surface area contributed by atoms with Gasteiger partial charge in [-0.2, -0.15) is 10.5 Å². The highest BCUT2D eigenvalue weighted by molar-refractivity contribution is 5.31. The molecule has 3 aromatic rings. The van der Waals surface area contributed by atoms with Gasteiger partial charge in [0.1, 0.15) is 42.3 Å². The van der Waals surface area contributed by atoms with Gasteiger partial charge in [0.15, 0.2) is 6.61 Å². The summed E-state index contributed by atoms with van der Waals surface area (Å²) in [6.07, 6.45) is -0.638. The highest BCUT2D eigenvalue weighted by atomic mass is 16.6. The Balaban J connectivity index is 1.61. The molecule has 0 spiro atoms. The Morgan fingerprint density at radius 3 is 1.97 bits per heavy atom. The largest absolute Gasteiger partial charge is 0.485 e. The number of hydrogen-bond acceptors (Lipinski definition) is 7. The zero-order chi connectivity index (χ0) is 27.3. The first-order chi connectivity index (χ1) is 19.1. The summed E-state index contributed by atoms with van der Waals surface area (Å²) in [5.41, 5.74) is 2.16. The van der Waals surface area contributed by atoms with Gasteiger partial charge in [0.05, 0.1) is 32.0 Å². The Labute approximate surface area is 229 Å². The van der Waals surface area contributed by atoms with E-state index in [1.54, 1.807) is 0 Å². The van der Waals surface area contributed by atoms with Gasteiger partial charge in [-0.25, -0.2) is 0 Å². The molecule has 39 heavy (non-hydrogen) atoms. The van der Waals surface area contributed by atoms with Crippen LogP contribution in [0.1, 0.15) is 23.6 Å². The maximum atomic E-state index is 10.0. The minimum absolute atomic E-state index is 0.183. The lowest BCUT2D eigenvalue weighted by atomic mass is 9.88. The van der Waals surface area contributed by atoms with Gasteiger partial charge >= 0.3 is 0 Å². The molecule has 200 valence electrons. The molecule has 7 heteroatoms. The third kappa shape index (κ3) is 7.54. The van der Waals surface area contributed by atoms with Crippen molar-refractivity contribution in [3.8, 4) is 12.1 Å². The summed E-state index contributed by atoms with van der Waals surface area (Å²) in [5.74, 6) is 0. The molecule has 0 bridgehead atoms. The van der Waals surface area contributed by atoms with E-state index in [9.17, 15) is 5.26 Å². The van der Waals surface area contributed by atoms with E-state index in [-0.39, 0.29) is 25.4 Å². The van der Waals surface area contributed by atoms with Gasteiger partial charge in [-0.3, -0.25) is 0 Å². The summed E-state index contributed by atoms with van der Waals surface area (Å²) in [7, 11) is 0. The second-order valence-electron chi connectivity index (χ2n) is 9.38. The molecule has 0 N–H and O–H groups in total. The highest BCUT2D eigenvalue weighted by Gasteiger charge is 2.57. The molecule has 1 saturated heterocycles. The van der Waals surface area contributed by atoms with Crippen LogP contribution in [0.15, 0.2) is 103 Å². The number of nitrogens with zero attached hydrogens (tertiary/aromatic N) is 2. The molecule has 4 rings (SSSR count). The van der Waals surface area contributed by atoms with E-state index in [0.717, 1.165) is 16.7 Å². The molecule has 3 aromatic carbocycles. The predicted octanol–water partition coefficient (Wildman–Crippen LogP) is 5.48. The quantitative estimate of drug-likeness (QED) is 0.166. The van der Waals surface area contributed by atoms with Gasteiger partial charge in [0, 0.05) is 0 Å². The van der Waals surface area contributed by atoms with Gasteiger partial charge in [-0.15, -0.1) is 0 Å². The zero-order valence-electron chi connectivity index (χ0n) is 21.9. The molecule has 1 heterocycles. The molecule has 1 aliphatic rings. The molecular formula is C32H32N2O5. The summed E-state index contributed by atoms with van der Waals surface area (Å²) < 4.78 is 30.9. The zero-order valence-corrected chi connectivity index (χ0v) is 21.9. The number of benzene rings is 3. The van der Waals surface area contributed by atoms with Crippen LogP contribution in [0.3, 0.4) is 0 Å². The average Bonchev–Trinajstić information content (AvgIpc) is 3.25. The van der Waals surface area contributed by atoms with E-state index in [2.05, 4.69) is 6.07 Å². The van der Waals surface area contributed by atoms with Crippen molar-refractivity contribution >= 4 is 0 Å². The monoisotopic (exact) mass is 524 g/mol. The Kier molecular flexibility index (Phi) is 10.2. The fourth-order valence-electron chi connectivity index (χ4n) is 4.59. The third-order valence-corrected chi connectivity index (χ3v) is 6.56. The molecule has 0 aliphatic carbocycles. The van der Waals surface area contributed by atoms with Crippen LogP contribution in [0.5, 0.6) is 0 Å².